The van der Waals surface area contributed by atoms with E-state index >= 15 is 0 Å². The molecule has 1 aromatic carbocycles. The molecule has 0 spiro atoms. The van der Waals surface area contributed by atoms with Crippen LogP contribution in [0, 0.1) is 11.3 Å². The van der Waals surface area contributed by atoms with Gasteiger partial charge in [-0.05, 0) is 31.0 Å². The Labute approximate surface area is 112 Å². The van der Waals surface area contributed by atoms with Gasteiger partial charge in [0.2, 0.25) is 0 Å². The summed E-state index contributed by atoms with van der Waals surface area (Å²) in [5.41, 5.74) is 1.77. The molecule has 0 aliphatic rings. The van der Waals surface area contributed by atoms with Gasteiger partial charge in [0.15, 0.2) is 0 Å². The van der Waals surface area contributed by atoms with E-state index in [2.05, 4.69) is 11.1 Å². The van der Waals surface area contributed by atoms with E-state index in [4.69, 9.17) is 5.26 Å². The number of aromatic amines is 1. The highest BCUT2D eigenvalue weighted by atomic mass is 16.3. The van der Waals surface area contributed by atoms with Crippen LogP contribution in [0.4, 0.5) is 0 Å². The van der Waals surface area contributed by atoms with E-state index in [1.807, 2.05) is 24.4 Å². The minimum Gasteiger partial charge on any atom is -0.390 e. The Morgan fingerprint density at radius 1 is 1.42 bits per heavy atom. The molecule has 0 radical (unpaired) electrons. The molecular weight excluding hydrogens is 240 g/mol. The number of benzene rings is 1. The molecule has 0 aliphatic heterocycles. The minimum absolute atomic E-state index is 0.381. The van der Waals surface area contributed by atoms with E-state index in [0.29, 0.717) is 12.8 Å². The monoisotopic (exact) mass is 258 g/mol. The lowest BCUT2D eigenvalue weighted by molar-refractivity contribution is -0.0469. The second-order valence-corrected chi connectivity index (χ2v) is 5.40. The van der Waals surface area contributed by atoms with Gasteiger partial charge in [-0.1, -0.05) is 12.1 Å². The first-order valence-corrected chi connectivity index (χ1v) is 6.28. The summed E-state index contributed by atoms with van der Waals surface area (Å²) in [5, 5.41) is 29.4. The van der Waals surface area contributed by atoms with Crippen molar-refractivity contribution in [3.63, 3.8) is 0 Å². The van der Waals surface area contributed by atoms with Crippen molar-refractivity contribution in [2.24, 2.45) is 0 Å². The predicted octanol–water partition coefficient (Wildman–Crippen LogP) is 1.91. The Hall–Kier alpha value is -1.83. The fourth-order valence-corrected chi connectivity index (χ4v) is 2.06. The van der Waals surface area contributed by atoms with Crippen molar-refractivity contribution in [3.8, 4) is 6.07 Å². The Morgan fingerprint density at radius 2 is 2.16 bits per heavy atom. The average molecular weight is 258 g/mol. The summed E-state index contributed by atoms with van der Waals surface area (Å²) in [6.07, 6.45) is 1.81. The van der Waals surface area contributed by atoms with E-state index in [9.17, 15) is 10.2 Å². The van der Waals surface area contributed by atoms with E-state index in [1.54, 1.807) is 13.8 Å². The van der Waals surface area contributed by atoms with Crippen molar-refractivity contribution in [2.45, 2.75) is 38.4 Å². The second kappa shape index (κ2) is 5.04. The zero-order chi connectivity index (χ0) is 14.0. The molecule has 0 unspecified atom stereocenters. The van der Waals surface area contributed by atoms with Gasteiger partial charge in [0, 0.05) is 23.5 Å². The SMILES string of the molecule is CC(C)(O)[C@H](O)Cc1ccc2c(CC#N)c[nH]c2c1. The molecule has 1 heterocycles. The van der Waals surface area contributed by atoms with Crippen LogP contribution in [0.1, 0.15) is 25.0 Å². The van der Waals surface area contributed by atoms with Gasteiger partial charge in [0.1, 0.15) is 0 Å². The Balaban J connectivity index is 2.26. The molecule has 19 heavy (non-hydrogen) atoms. The molecule has 2 rings (SSSR count). The predicted molar refractivity (Wildman–Crippen MR) is 73.6 cm³/mol. The summed E-state index contributed by atoms with van der Waals surface area (Å²) in [4.78, 5) is 3.13. The van der Waals surface area contributed by atoms with Gasteiger partial charge >= 0.3 is 0 Å². The Morgan fingerprint density at radius 3 is 2.79 bits per heavy atom. The number of H-pyrrole nitrogens is 1. The Bertz CT molecular complexity index is 617. The molecular formula is C15H18N2O2. The molecule has 4 nitrogen and oxygen atoms in total. The van der Waals surface area contributed by atoms with Gasteiger partial charge in [-0.15, -0.1) is 0 Å². The summed E-state index contributed by atoms with van der Waals surface area (Å²) in [6.45, 7) is 3.19. The summed E-state index contributed by atoms with van der Waals surface area (Å²) in [6, 6.07) is 7.96. The molecule has 100 valence electrons. The first-order valence-electron chi connectivity index (χ1n) is 6.28. The lowest BCUT2D eigenvalue weighted by Crippen LogP contribution is -2.37. The van der Waals surface area contributed by atoms with E-state index in [1.165, 1.54) is 0 Å². The van der Waals surface area contributed by atoms with Crippen LogP contribution in [-0.2, 0) is 12.8 Å². The summed E-state index contributed by atoms with van der Waals surface area (Å²) < 4.78 is 0. The number of hydrogen-bond donors (Lipinski definition) is 3. The van der Waals surface area contributed by atoms with Gasteiger partial charge in [-0.2, -0.15) is 5.26 Å². The number of nitrogens with one attached hydrogen (secondary N) is 1. The molecule has 3 N–H and O–H groups in total. The first-order chi connectivity index (χ1) is 8.91. The fourth-order valence-electron chi connectivity index (χ4n) is 2.06. The lowest BCUT2D eigenvalue weighted by atomic mass is 9.95. The number of aromatic nitrogens is 1. The van der Waals surface area contributed by atoms with Crippen LogP contribution in [-0.4, -0.2) is 26.9 Å². The largest absolute Gasteiger partial charge is 0.390 e. The van der Waals surface area contributed by atoms with Crippen molar-refractivity contribution in [1.29, 1.82) is 5.26 Å². The van der Waals surface area contributed by atoms with Crippen LogP contribution in [0.3, 0.4) is 0 Å². The molecule has 0 saturated carbocycles. The first kappa shape index (κ1) is 13.6. The standard InChI is InChI=1S/C15H18N2O2/c1-15(2,19)14(18)8-10-3-4-12-11(5-6-16)9-17-13(12)7-10/h3-4,7,9,14,17-19H,5,8H2,1-2H3/t14-/m1/s1. The third-order valence-corrected chi connectivity index (χ3v) is 3.35. The number of fused-ring (bicyclic) bond motifs is 1. The molecule has 0 amide bonds. The fraction of sp³-hybridized carbons (Fsp3) is 0.400. The van der Waals surface area contributed by atoms with Crippen LogP contribution >= 0.6 is 0 Å². The number of aliphatic hydroxyl groups is 2. The molecule has 1 atom stereocenters. The molecule has 0 saturated heterocycles. The van der Waals surface area contributed by atoms with Gasteiger partial charge in [-0.3, -0.25) is 0 Å². The van der Waals surface area contributed by atoms with Crippen molar-refractivity contribution in [3.05, 3.63) is 35.5 Å². The van der Waals surface area contributed by atoms with Crippen LogP contribution in [0.25, 0.3) is 10.9 Å². The van der Waals surface area contributed by atoms with Gasteiger partial charge < -0.3 is 15.2 Å². The van der Waals surface area contributed by atoms with Crippen LogP contribution in [0.2, 0.25) is 0 Å². The smallest absolute Gasteiger partial charge is 0.0861 e. The average Bonchev–Trinajstić information content (AvgIpc) is 2.71. The maximum atomic E-state index is 9.90. The number of nitrogens with zero attached hydrogens (tertiary/aromatic N) is 1. The lowest BCUT2D eigenvalue weighted by Gasteiger charge is -2.24. The summed E-state index contributed by atoms with van der Waals surface area (Å²) >= 11 is 0. The number of aliphatic hydroxyl groups excluding tert-OH is 1. The minimum atomic E-state index is -1.11. The van der Waals surface area contributed by atoms with Crippen LogP contribution in [0.15, 0.2) is 24.4 Å². The second-order valence-electron chi connectivity index (χ2n) is 5.40. The maximum Gasteiger partial charge on any atom is 0.0861 e. The van der Waals surface area contributed by atoms with Gasteiger partial charge in [0.25, 0.3) is 0 Å². The number of nitriles is 1. The number of rotatable bonds is 4. The number of hydrogen-bond acceptors (Lipinski definition) is 3. The van der Waals surface area contributed by atoms with Crippen molar-refractivity contribution in [1.82, 2.24) is 4.98 Å². The highest BCUT2D eigenvalue weighted by Crippen LogP contribution is 2.22. The van der Waals surface area contributed by atoms with E-state index in [-0.39, 0.29) is 0 Å². The molecule has 1 aromatic heterocycles. The van der Waals surface area contributed by atoms with Gasteiger partial charge in [0.05, 0.1) is 24.2 Å². The molecule has 0 bridgehead atoms. The molecule has 2 aromatic rings. The quantitative estimate of drug-likeness (QED) is 0.783. The van der Waals surface area contributed by atoms with Gasteiger partial charge in [-0.25, -0.2) is 0 Å². The summed E-state index contributed by atoms with van der Waals surface area (Å²) in [5.74, 6) is 0. The molecule has 0 aliphatic carbocycles. The Kier molecular flexibility index (Phi) is 3.61. The summed E-state index contributed by atoms with van der Waals surface area (Å²) in [7, 11) is 0. The zero-order valence-corrected chi connectivity index (χ0v) is 11.1. The molecule has 4 heteroatoms. The normalized spacial score (nSPS) is 13.4. The van der Waals surface area contributed by atoms with Crippen LogP contribution in [0.5, 0.6) is 0 Å². The zero-order valence-electron chi connectivity index (χ0n) is 11.1. The van der Waals surface area contributed by atoms with Crippen molar-refractivity contribution < 1.29 is 10.2 Å². The highest BCUT2D eigenvalue weighted by molar-refractivity contribution is 5.84. The third kappa shape index (κ3) is 2.95. The maximum absolute atomic E-state index is 9.90. The van der Waals surface area contributed by atoms with Crippen molar-refractivity contribution >= 4 is 10.9 Å². The van der Waals surface area contributed by atoms with Crippen LogP contribution < -0.4 is 0 Å². The van der Waals surface area contributed by atoms with E-state index in [0.717, 1.165) is 22.0 Å². The topological polar surface area (TPSA) is 80.0 Å². The van der Waals surface area contributed by atoms with E-state index < -0.39 is 11.7 Å². The third-order valence-electron chi connectivity index (χ3n) is 3.35. The highest BCUT2D eigenvalue weighted by Gasteiger charge is 2.24. The molecule has 0 fully saturated rings. The van der Waals surface area contributed by atoms with Crippen molar-refractivity contribution in [2.75, 3.05) is 0 Å².